The molecule has 2 saturated heterocycles. The molecule has 0 aliphatic carbocycles. The Hall–Kier alpha value is -2.42. The third-order valence-electron chi connectivity index (χ3n) is 7.99. The summed E-state index contributed by atoms with van der Waals surface area (Å²) in [6, 6.07) is 22.0. The molecule has 210 valence electrons. The fraction of sp³-hybridized carbons (Fsp3) is 0.394. The van der Waals surface area contributed by atoms with Gasteiger partial charge in [-0.25, -0.2) is 0 Å². The summed E-state index contributed by atoms with van der Waals surface area (Å²) >= 11 is 5.72. The van der Waals surface area contributed by atoms with Crippen LogP contribution in [0.1, 0.15) is 29.5 Å². The average Bonchev–Trinajstić information content (AvgIpc) is 3.63. The van der Waals surface area contributed by atoms with Gasteiger partial charge in [-0.1, -0.05) is 28.1 Å². The first-order chi connectivity index (χ1) is 19.7. The van der Waals surface area contributed by atoms with Gasteiger partial charge in [0.05, 0.1) is 20.3 Å². The van der Waals surface area contributed by atoms with E-state index in [9.17, 15) is 0 Å². The lowest BCUT2D eigenvalue weighted by Crippen LogP contribution is -2.38. The molecule has 1 aromatic heterocycles. The number of fused-ring (bicyclic) bond motifs is 1. The zero-order valence-electron chi connectivity index (χ0n) is 23.2. The Morgan fingerprint density at radius 2 is 1.65 bits per heavy atom. The van der Waals surface area contributed by atoms with E-state index in [1.807, 2.05) is 11.3 Å². The van der Waals surface area contributed by atoms with Crippen LogP contribution in [0.25, 0.3) is 20.5 Å². The molecule has 7 heteroatoms. The van der Waals surface area contributed by atoms with Crippen LogP contribution in [0.4, 0.5) is 0 Å². The molecule has 6 rings (SSSR count). The molecular formula is C33H37BrN2O3S. The molecule has 0 bridgehead atoms. The van der Waals surface area contributed by atoms with Gasteiger partial charge in [-0.05, 0) is 109 Å². The Balaban J connectivity index is 1.22. The smallest absolute Gasteiger partial charge is 0.120 e. The van der Waals surface area contributed by atoms with E-state index in [2.05, 4.69) is 86.4 Å². The molecule has 40 heavy (non-hydrogen) atoms. The van der Waals surface area contributed by atoms with Crippen molar-refractivity contribution in [3.05, 3.63) is 81.8 Å². The number of likely N-dealkylation sites (tertiary alicyclic amines) is 1. The minimum atomic E-state index is 0.690. The van der Waals surface area contributed by atoms with E-state index in [-0.39, 0.29) is 0 Å². The Morgan fingerprint density at radius 1 is 0.875 bits per heavy atom. The topological polar surface area (TPSA) is 34.2 Å². The van der Waals surface area contributed by atoms with Crippen LogP contribution in [0.5, 0.6) is 11.5 Å². The number of thiophene rings is 1. The van der Waals surface area contributed by atoms with Gasteiger partial charge in [-0.15, -0.1) is 11.3 Å². The molecular weight excluding hydrogens is 584 g/mol. The Kier molecular flexibility index (Phi) is 9.05. The summed E-state index contributed by atoms with van der Waals surface area (Å²) in [6.45, 7) is 8.66. The average molecular weight is 622 g/mol. The predicted molar refractivity (Wildman–Crippen MR) is 168 cm³/mol. The zero-order valence-corrected chi connectivity index (χ0v) is 25.6. The van der Waals surface area contributed by atoms with Gasteiger partial charge >= 0.3 is 0 Å². The molecule has 2 aliphatic rings. The van der Waals surface area contributed by atoms with E-state index in [4.69, 9.17) is 14.2 Å². The number of halogens is 1. The standard InChI is InChI=1S/C33H37BrN2O3S/c1-37-28-10-11-29-30(20-24-4-5-26(31(34)21-24)23-36-12-2-3-13-36)33(40-32(29)22-28)25-6-8-27(9-7-25)39-19-16-35-14-17-38-18-15-35/h4-11,21-22H,2-3,12-20,23H2,1H3. The molecule has 0 atom stereocenters. The number of rotatable bonds is 10. The summed E-state index contributed by atoms with van der Waals surface area (Å²) in [6.07, 6.45) is 3.51. The van der Waals surface area contributed by atoms with Crippen LogP contribution >= 0.6 is 27.3 Å². The molecule has 4 aromatic rings. The van der Waals surface area contributed by atoms with Gasteiger partial charge in [0.15, 0.2) is 0 Å². The number of ether oxygens (including phenoxy) is 3. The summed E-state index contributed by atoms with van der Waals surface area (Å²) in [4.78, 5) is 6.25. The van der Waals surface area contributed by atoms with Crippen LogP contribution in [-0.4, -0.2) is 69.5 Å². The molecule has 0 radical (unpaired) electrons. The largest absolute Gasteiger partial charge is 0.497 e. The predicted octanol–water partition coefficient (Wildman–Crippen LogP) is 7.24. The van der Waals surface area contributed by atoms with Crippen LogP contribution in [0.2, 0.25) is 0 Å². The molecule has 2 aliphatic heterocycles. The van der Waals surface area contributed by atoms with Gasteiger partial charge in [-0.2, -0.15) is 0 Å². The molecule has 2 fully saturated rings. The minimum Gasteiger partial charge on any atom is -0.497 e. The number of methoxy groups -OCH3 is 1. The molecule has 0 N–H and O–H groups in total. The molecule has 3 heterocycles. The summed E-state index contributed by atoms with van der Waals surface area (Å²) in [5.74, 6) is 1.81. The van der Waals surface area contributed by atoms with Crippen LogP contribution in [0, 0.1) is 0 Å². The molecule has 0 unspecified atom stereocenters. The normalized spacial score (nSPS) is 16.6. The summed E-state index contributed by atoms with van der Waals surface area (Å²) < 4.78 is 19.5. The van der Waals surface area contributed by atoms with Crippen molar-refractivity contribution in [2.75, 3.05) is 59.7 Å². The minimum absolute atomic E-state index is 0.690. The zero-order chi connectivity index (χ0) is 27.3. The maximum Gasteiger partial charge on any atom is 0.120 e. The Labute approximate surface area is 249 Å². The van der Waals surface area contributed by atoms with E-state index < -0.39 is 0 Å². The maximum absolute atomic E-state index is 6.08. The van der Waals surface area contributed by atoms with E-state index in [1.54, 1.807) is 7.11 Å². The lowest BCUT2D eigenvalue weighted by atomic mass is 9.98. The molecule has 0 spiro atoms. The fourth-order valence-corrected chi connectivity index (χ4v) is 7.51. The molecule has 5 nitrogen and oxygen atoms in total. The Bertz CT molecular complexity index is 1430. The van der Waals surface area contributed by atoms with Crippen molar-refractivity contribution in [2.45, 2.75) is 25.8 Å². The first kappa shape index (κ1) is 27.7. The summed E-state index contributed by atoms with van der Waals surface area (Å²) in [5, 5.41) is 1.30. The van der Waals surface area contributed by atoms with Crippen LogP contribution < -0.4 is 9.47 Å². The first-order valence-corrected chi connectivity index (χ1v) is 15.9. The van der Waals surface area contributed by atoms with E-state index in [0.717, 1.165) is 57.3 Å². The van der Waals surface area contributed by atoms with E-state index >= 15 is 0 Å². The summed E-state index contributed by atoms with van der Waals surface area (Å²) in [5.41, 5.74) is 5.27. The monoisotopic (exact) mass is 620 g/mol. The van der Waals surface area contributed by atoms with Gasteiger partial charge < -0.3 is 14.2 Å². The number of hydrogen-bond donors (Lipinski definition) is 0. The lowest BCUT2D eigenvalue weighted by molar-refractivity contribution is 0.0322. The van der Waals surface area contributed by atoms with Gasteiger partial charge in [0.25, 0.3) is 0 Å². The SMILES string of the molecule is COc1ccc2c(Cc3ccc(CN4CCCC4)c(Br)c3)c(-c3ccc(OCCN4CCOCC4)cc3)sc2c1. The highest BCUT2D eigenvalue weighted by molar-refractivity contribution is 9.10. The molecule has 0 amide bonds. The molecule has 0 saturated carbocycles. The maximum atomic E-state index is 6.08. The van der Waals surface area contributed by atoms with Crippen LogP contribution in [-0.2, 0) is 17.7 Å². The van der Waals surface area contributed by atoms with Gasteiger partial charge in [0.1, 0.15) is 18.1 Å². The second-order valence-corrected chi connectivity index (χ2v) is 12.6. The number of morpholine rings is 1. The lowest BCUT2D eigenvalue weighted by Gasteiger charge is -2.26. The summed E-state index contributed by atoms with van der Waals surface area (Å²) in [7, 11) is 1.73. The highest BCUT2D eigenvalue weighted by Gasteiger charge is 2.18. The van der Waals surface area contributed by atoms with Crippen LogP contribution in [0.3, 0.4) is 0 Å². The van der Waals surface area contributed by atoms with Crippen molar-refractivity contribution in [3.63, 3.8) is 0 Å². The second-order valence-electron chi connectivity index (χ2n) is 10.7. The van der Waals surface area contributed by atoms with Crippen molar-refractivity contribution < 1.29 is 14.2 Å². The van der Waals surface area contributed by atoms with E-state index in [0.29, 0.717) is 6.61 Å². The van der Waals surface area contributed by atoms with E-state index in [1.165, 1.54) is 67.6 Å². The third kappa shape index (κ3) is 6.55. The Morgan fingerprint density at radius 3 is 2.40 bits per heavy atom. The van der Waals surface area contributed by atoms with Crippen molar-refractivity contribution in [1.29, 1.82) is 0 Å². The van der Waals surface area contributed by atoms with Crippen molar-refractivity contribution >= 4 is 37.4 Å². The van der Waals surface area contributed by atoms with Gasteiger partial charge in [0, 0.05) is 40.2 Å². The molecule has 3 aromatic carbocycles. The van der Waals surface area contributed by atoms with Crippen molar-refractivity contribution in [2.24, 2.45) is 0 Å². The highest BCUT2D eigenvalue weighted by Crippen LogP contribution is 2.42. The van der Waals surface area contributed by atoms with Gasteiger partial charge in [-0.3, -0.25) is 9.80 Å². The van der Waals surface area contributed by atoms with Gasteiger partial charge in [0.2, 0.25) is 0 Å². The number of hydrogen-bond acceptors (Lipinski definition) is 6. The van der Waals surface area contributed by atoms with Crippen molar-refractivity contribution in [3.8, 4) is 21.9 Å². The number of benzene rings is 3. The van der Waals surface area contributed by atoms with Crippen molar-refractivity contribution in [1.82, 2.24) is 9.80 Å². The third-order valence-corrected chi connectivity index (χ3v) is 9.97. The quantitative estimate of drug-likeness (QED) is 0.187. The fourth-order valence-electron chi connectivity index (χ4n) is 5.70. The first-order valence-electron chi connectivity index (χ1n) is 14.3. The number of nitrogens with zero attached hydrogens (tertiary/aromatic N) is 2. The highest BCUT2D eigenvalue weighted by atomic mass is 79.9. The van der Waals surface area contributed by atoms with Crippen LogP contribution in [0.15, 0.2) is 65.1 Å². The second kappa shape index (κ2) is 13.0.